The van der Waals surface area contributed by atoms with E-state index in [1.807, 2.05) is 17.2 Å². The fourth-order valence-electron chi connectivity index (χ4n) is 3.58. The van der Waals surface area contributed by atoms with Gasteiger partial charge in [-0.3, -0.25) is 9.59 Å². The molecule has 1 aliphatic carbocycles. The minimum atomic E-state index is 0.0218. The van der Waals surface area contributed by atoms with Crippen molar-refractivity contribution in [1.82, 2.24) is 9.47 Å². The first-order chi connectivity index (χ1) is 11.6. The van der Waals surface area contributed by atoms with Crippen LogP contribution in [0.5, 0.6) is 0 Å². The van der Waals surface area contributed by atoms with Crippen molar-refractivity contribution in [2.24, 2.45) is 0 Å². The fourth-order valence-corrected chi connectivity index (χ4v) is 4.34. The third kappa shape index (κ3) is 3.31. The van der Waals surface area contributed by atoms with Gasteiger partial charge in [-0.1, -0.05) is 42.5 Å². The Morgan fingerprint density at radius 1 is 1.38 bits per heavy atom. The highest BCUT2D eigenvalue weighted by molar-refractivity contribution is 7.07. The molecule has 0 fully saturated rings. The molecule has 0 saturated carbocycles. The number of aromatic nitrogens is 1. The van der Waals surface area contributed by atoms with Gasteiger partial charge in [-0.15, -0.1) is 0 Å². The quantitative estimate of drug-likeness (QED) is 0.804. The smallest absolute Gasteiger partial charge is 0.307 e. The lowest BCUT2D eigenvalue weighted by atomic mass is 10.1. The third-order valence-corrected chi connectivity index (χ3v) is 5.67. The van der Waals surface area contributed by atoms with Gasteiger partial charge in [0.15, 0.2) is 0 Å². The molecular formula is C19H24N2O2S. The van der Waals surface area contributed by atoms with E-state index in [0.717, 1.165) is 31.5 Å². The van der Waals surface area contributed by atoms with E-state index >= 15 is 0 Å². The van der Waals surface area contributed by atoms with Gasteiger partial charge >= 0.3 is 4.87 Å². The van der Waals surface area contributed by atoms with Crippen molar-refractivity contribution in [3.05, 3.63) is 56.1 Å². The maximum absolute atomic E-state index is 12.9. The van der Waals surface area contributed by atoms with E-state index in [4.69, 9.17) is 0 Å². The summed E-state index contributed by atoms with van der Waals surface area (Å²) in [4.78, 5) is 26.7. The predicted octanol–water partition coefficient (Wildman–Crippen LogP) is 3.53. The van der Waals surface area contributed by atoms with Gasteiger partial charge in [0.05, 0.1) is 6.04 Å². The first-order valence-electron chi connectivity index (χ1n) is 8.64. The van der Waals surface area contributed by atoms with Gasteiger partial charge in [0.2, 0.25) is 5.91 Å². The van der Waals surface area contributed by atoms with E-state index in [1.165, 1.54) is 22.5 Å². The summed E-state index contributed by atoms with van der Waals surface area (Å²) in [5, 5.41) is 1.85. The number of hydrogen-bond donors (Lipinski definition) is 0. The number of amides is 1. The van der Waals surface area contributed by atoms with Crippen LogP contribution in [0.1, 0.15) is 49.0 Å². The maximum atomic E-state index is 12.9. The number of nitrogens with zero attached hydrogens (tertiary/aromatic N) is 2. The van der Waals surface area contributed by atoms with E-state index in [0.29, 0.717) is 13.0 Å². The van der Waals surface area contributed by atoms with Crippen LogP contribution in [0.3, 0.4) is 0 Å². The van der Waals surface area contributed by atoms with Gasteiger partial charge in [-0.05, 0) is 37.3 Å². The van der Waals surface area contributed by atoms with E-state index in [2.05, 4.69) is 31.2 Å². The number of carbonyl (C=O) groups is 1. The topological polar surface area (TPSA) is 42.3 Å². The Balaban J connectivity index is 1.74. The van der Waals surface area contributed by atoms with Gasteiger partial charge in [-0.25, -0.2) is 0 Å². The molecule has 0 spiro atoms. The minimum Gasteiger partial charge on any atom is -0.336 e. The molecule has 0 bridgehead atoms. The molecule has 0 aliphatic heterocycles. The molecule has 0 saturated heterocycles. The zero-order chi connectivity index (χ0) is 17.1. The number of fused-ring (bicyclic) bond motifs is 1. The average molecular weight is 344 g/mol. The summed E-state index contributed by atoms with van der Waals surface area (Å²) >= 11 is 1.20. The monoisotopic (exact) mass is 344 g/mol. The summed E-state index contributed by atoms with van der Waals surface area (Å²) in [6.45, 7) is 5.27. The highest BCUT2D eigenvalue weighted by atomic mass is 32.1. The lowest BCUT2D eigenvalue weighted by molar-refractivity contribution is -0.134. The standard InChI is InChI=1S/C19H24N2O2S/c1-3-11-21(17-9-8-15-6-4-5-7-16(15)17)18(22)10-12-20-14(2)13-24-19(20)23/h4-7,13,17H,3,8-12H2,1-2H3. The lowest BCUT2D eigenvalue weighted by Crippen LogP contribution is -2.35. The first-order valence-corrected chi connectivity index (χ1v) is 9.52. The molecule has 3 rings (SSSR count). The van der Waals surface area contributed by atoms with Crippen LogP contribution in [-0.4, -0.2) is 21.9 Å². The molecule has 1 unspecified atom stereocenters. The van der Waals surface area contributed by atoms with Crippen LogP contribution in [0.4, 0.5) is 0 Å². The lowest BCUT2D eigenvalue weighted by Gasteiger charge is -2.30. The van der Waals surface area contributed by atoms with E-state index in [9.17, 15) is 9.59 Å². The van der Waals surface area contributed by atoms with Crippen LogP contribution >= 0.6 is 11.3 Å². The van der Waals surface area contributed by atoms with Gasteiger partial charge in [0.25, 0.3) is 0 Å². The van der Waals surface area contributed by atoms with Crippen molar-refractivity contribution >= 4 is 17.2 Å². The Hall–Kier alpha value is -1.88. The van der Waals surface area contributed by atoms with Crippen molar-refractivity contribution < 1.29 is 4.79 Å². The highest BCUT2D eigenvalue weighted by Gasteiger charge is 2.30. The summed E-state index contributed by atoms with van der Waals surface area (Å²) in [6, 6.07) is 8.63. The molecule has 4 nitrogen and oxygen atoms in total. The summed E-state index contributed by atoms with van der Waals surface area (Å²) in [5.41, 5.74) is 3.59. The van der Waals surface area contributed by atoms with Crippen molar-refractivity contribution in [2.45, 2.75) is 52.1 Å². The molecule has 5 heteroatoms. The van der Waals surface area contributed by atoms with Gasteiger partial charge in [-0.2, -0.15) is 0 Å². The van der Waals surface area contributed by atoms with Crippen molar-refractivity contribution in [3.63, 3.8) is 0 Å². The Morgan fingerprint density at radius 2 is 2.17 bits per heavy atom. The van der Waals surface area contributed by atoms with Crippen molar-refractivity contribution in [3.8, 4) is 0 Å². The number of aryl methyl sites for hydroxylation is 2. The summed E-state index contributed by atoms with van der Waals surface area (Å²) < 4.78 is 1.70. The second-order valence-electron chi connectivity index (χ2n) is 6.39. The number of benzene rings is 1. The molecule has 1 aromatic carbocycles. The largest absolute Gasteiger partial charge is 0.336 e. The average Bonchev–Trinajstić information content (AvgIpc) is 3.14. The predicted molar refractivity (Wildman–Crippen MR) is 97.4 cm³/mol. The molecule has 1 amide bonds. The molecule has 0 radical (unpaired) electrons. The SMILES string of the molecule is CCCN(C(=O)CCn1c(C)csc1=O)C1CCc2ccccc21. The van der Waals surface area contributed by atoms with Gasteiger partial charge < -0.3 is 9.47 Å². The third-order valence-electron chi connectivity index (χ3n) is 4.79. The number of carbonyl (C=O) groups excluding carboxylic acids is 1. The van der Waals surface area contributed by atoms with Crippen LogP contribution in [0, 0.1) is 6.92 Å². The Morgan fingerprint density at radius 3 is 2.88 bits per heavy atom. The Kier molecular flexibility index (Phi) is 5.19. The normalized spacial score (nSPS) is 16.2. The maximum Gasteiger partial charge on any atom is 0.307 e. The Bertz CT molecular complexity index is 778. The summed E-state index contributed by atoms with van der Waals surface area (Å²) in [6.07, 6.45) is 3.37. The van der Waals surface area contributed by atoms with Crippen LogP contribution in [0.25, 0.3) is 0 Å². The number of thiazole rings is 1. The fraction of sp³-hybridized carbons (Fsp3) is 0.474. The summed E-state index contributed by atoms with van der Waals surface area (Å²) in [5.74, 6) is 0.149. The van der Waals surface area contributed by atoms with Crippen LogP contribution in [-0.2, 0) is 17.8 Å². The number of rotatable bonds is 6. The Labute approximate surface area is 146 Å². The summed E-state index contributed by atoms with van der Waals surface area (Å²) in [7, 11) is 0. The molecule has 2 aromatic rings. The number of hydrogen-bond acceptors (Lipinski definition) is 3. The molecule has 128 valence electrons. The molecule has 1 aromatic heterocycles. The molecule has 1 atom stereocenters. The van der Waals surface area contributed by atoms with Crippen molar-refractivity contribution in [2.75, 3.05) is 6.54 Å². The highest BCUT2D eigenvalue weighted by Crippen LogP contribution is 2.36. The van der Waals surface area contributed by atoms with Crippen LogP contribution in [0.2, 0.25) is 0 Å². The molecule has 1 heterocycles. The van der Waals surface area contributed by atoms with E-state index in [-0.39, 0.29) is 16.8 Å². The van der Waals surface area contributed by atoms with Gasteiger partial charge in [0.1, 0.15) is 0 Å². The van der Waals surface area contributed by atoms with E-state index in [1.54, 1.807) is 4.57 Å². The minimum absolute atomic E-state index is 0.0218. The van der Waals surface area contributed by atoms with Crippen LogP contribution in [0.15, 0.2) is 34.4 Å². The first kappa shape index (κ1) is 17.0. The second kappa shape index (κ2) is 7.34. The molecule has 24 heavy (non-hydrogen) atoms. The zero-order valence-corrected chi connectivity index (χ0v) is 15.1. The van der Waals surface area contributed by atoms with Gasteiger partial charge in [0, 0.05) is 30.6 Å². The van der Waals surface area contributed by atoms with E-state index < -0.39 is 0 Å². The van der Waals surface area contributed by atoms with Crippen LogP contribution < -0.4 is 4.87 Å². The molecular weight excluding hydrogens is 320 g/mol. The molecule has 1 aliphatic rings. The second-order valence-corrected chi connectivity index (χ2v) is 7.21. The zero-order valence-electron chi connectivity index (χ0n) is 14.3. The molecule has 0 N–H and O–H groups in total. The van der Waals surface area contributed by atoms with Crippen molar-refractivity contribution in [1.29, 1.82) is 0 Å².